The number of carbonyl (C=O) groups is 1. The molecule has 0 fully saturated rings. The molecular weight excluding hydrogens is 412 g/mol. The average molecular weight is 431 g/mol. The molecule has 9 heteroatoms. The number of hydrogen-bond acceptors (Lipinski definition) is 7. The van der Waals surface area contributed by atoms with Gasteiger partial charge in [-0.2, -0.15) is 5.10 Å². The third-order valence-corrected chi connectivity index (χ3v) is 4.63. The van der Waals surface area contributed by atoms with Gasteiger partial charge in [-0.05, 0) is 36.8 Å². The van der Waals surface area contributed by atoms with Crippen LogP contribution in [0.15, 0.2) is 52.9 Å². The van der Waals surface area contributed by atoms with E-state index in [0.717, 1.165) is 5.56 Å². The predicted molar refractivity (Wildman–Crippen MR) is 111 cm³/mol. The molecule has 1 aromatic heterocycles. The summed E-state index contributed by atoms with van der Waals surface area (Å²) >= 11 is 1.29. The Kier molecular flexibility index (Phi) is 7.45. The van der Waals surface area contributed by atoms with Crippen molar-refractivity contribution in [2.45, 2.75) is 20.0 Å². The van der Waals surface area contributed by atoms with Gasteiger partial charge in [0.05, 0.1) is 24.9 Å². The van der Waals surface area contributed by atoms with Crippen molar-refractivity contribution in [3.63, 3.8) is 0 Å². The second-order valence-electron chi connectivity index (χ2n) is 6.09. The van der Waals surface area contributed by atoms with Crippen molar-refractivity contribution in [3.05, 3.63) is 76.3 Å². The first kappa shape index (κ1) is 21.4. The highest BCUT2D eigenvalue weighted by Gasteiger charge is 2.08. The van der Waals surface area contributed by atoms with Crippen molar-refractivity contribution >= 4 is 28.7 Å². The fraction of sp³-hybridized carbons (Fsp3) is 0.190. The van der Waals surface area contributed by atoms with Crippen molar-refractivity contribution in [1.29, 1.82) is 0 Å². The van der Waals surface area contributed by atoms with Gasteiger partial charge in [0.25, 0.3) is 0 Å². The van der Waals surface area contributed by atoms with Gasteiger partial charge in [-0.15, -0.1) is 11.3 Å². The highest BCUT2D eigenvalue weighted by Crippen LogP contribution is 2.21. The second-order valence-corrected chi connectivity index (χ2v) is 6.95. The van der Waals surface area contributed by atoms with Gasteiger partial charge in [0.15, 0.2) is 0 Å². The van der Waals surface area contributed by atoms with Gasteiger partial charge in [0.1, 0.15) is 24.0 Å². The van der Waals surface area contributed by atoms with Crippen molar-refractivity contribution in [2.24, 2.45) is 5.10 Å². The molecule has 6 nitrogen and oxygen atoms in total. The number of nitrogens with zero attached hydrogens (tertiary/aromatic N) is 2. The van der Waals surface area contributed by atoms with Crippen molar-refractivity contribution in [1.82, 2.24) is 4.98 Å². The van der Waals surface area contributed by atoms with Gasteiger partial charge < -0.3 is 9.47 Å². The van der Waals surface area contributed by atoms with E-state index in [0.29, 0.717) is 28.7 Å². The minimum atomic E-state index is -0.447. The molecule has 1 N–H and O–H groups in total. The molecule has 3 aromatic rings. The molecule has 0 saturated carbocycles. The predicted octanol–water partition coefficient (Wildman–Crippen LogP) is 4.55. The van der Waals surface area contributed by atoms with Gasteiger partial charge in [0.2, 0.25) is 5.13 Å². The fourth-order valence-corrected chi connectivity index (χ4v) is 3.10. The molecule has 2 aromatic carbocycles. The number of halogens is 2. The van der Waals surface area contributed by atoms with Crippen molar-refractivity contribution in [3.8, 4) is 5.75 Å². The highest BCUT2D eigenvalue weighted by atomic mass is 32.1. The first-order valence-corrected chi connectivity index (χ1v) is 9.97. The Bertz CT molecular complexity index is 1020. The number of hydrazone groups is 1. The van der Waals surface area contributed by atoms with Crippen LogP contribution in [-0.2, 0) is 22.6 Å². The van der Waals surface area contributed by atoms with Crippen molar-refractivity contribution in [2.75, 3.05) is 12.0 Å². The Hall–Kier alpha value is -3.33. The van der Waals surface area contributed by atoms with Crippen LogP contribution in [0.1, 0.15) is 23.7 Å². The topological polar surface area (TPSA) is 72.8 Å². The highest BCUT2D eigenvalue weighted by molar-refractivity contribution is 7.13. The van der Waals surface area contributed by atoms with Crippen LogP contribution < -0.4 is 10.2 Å². The van der Waals surface area contributed by atoms with E-state index in [1.807, 2.05) is 0 Å². The first-order valence-electron chi connectivity index (χ1n) is 9.09. The van der Waals surface area contributed by atoms with Crippen LogP contribution >= 0.6 is 11.3 Å². The molecule has 0 aliphatic rings. The van der Waals surface area contributed by atoms with E-state index in [4.69, 9.17) is 9.47 Å². The van der Waals surface area contributed by atoms with E-state index in [1.165, 1.54) is 47.9 Å². The molecule has 0 amide bonds. The molecule has 0 aliphatic heterocycles. The largest absolute Gasteiger partial charge is 0.488 e. The number of thiazole rings is 1. The number of rotatable bonds is 9. The number of anilines is 1. The average Bonchev–Trinajstić information content (AvgIpc) is 3.16. The van der Waals surface area contributed by atoms with Crippen molar-refractivity contribution < 1.29 is 23.0 Å². The molecule has 1 heterocycles. The van der Waals surface area contributed by atoms with Gasteiger partial charge in [-0.3, -0.25) is 10.2 Å². The maximum Gasteiger partial charge on any atom is 0.311 e. The lowest BCUT2D eigenvalue weighted by atomic mass is 10.2. The molecule has 0 atom stereocenters. The first-order chi connectivity index (χ1) is 14.5. The zero-order valence-electron chi connectivity index (χ0n) is 16.1. The van der Waals surface area contributed by atoms with Gasteiger partial charge in [-0.1, -0.05) is 12.1 Å². The molecule has 0 saturated heterocycles. The monoisotopic (exact) mass is 431 g/mol. The standard InChI is InChI=1S/C21H19F2N3O3S/c1-2-28-20(27)10-18-13-30-21(25-18)26-24-11-15-5-8-17(23)9-19(15)29-12-14-3-6-16(22)7-4-14/h3-9,11,13H,2,10,12H2,1H3,(H,25,26). The number of ether oxygens (including phenoxy) is 2. The van der Waals surface area contributed by atoms with Gasteiger partial charge in [-0.25, -0.2) is 13.8 Å². The van der Waals surface area contributed by atoms with Crippen LogP contribution in [0.4, 0.5) is 13.9 Å². The molecule has 0 radical (unpaired) electrons. The smallest absolute Gasteiger partial charge is 0.311 e. The number of esters is 1. The minimum Gasteiger partial charge on any atom is -0.488 e. The second kappa shape index (κ2) is 10.4. The normalized spacial score (nSPS) is 10.9. The maximum atomic E-state index is 13.6. The van der Waals surface area contributed by atoms with Crippen LogP contribution in [0.5, 0.6) is 5.75 Å². The summed E-state index contributed by atoms with van der Waals surface area (Å²) in [6, 6.07) is 9.95. The third kappa shape index (κ3) is 6.35. The Morgan fingerprint density at radius 3 is 2.73 bits per heavy atom. The number of carbonyl (C=O) groups excluding carboxylic acids is 1. The number of aromatic nitrogens is 1. The number of hydrogen-bond donors (Lipinski definition) is 1. The van der Waals surface area contributed by atoms with Crippen LogP contribution in [0.3, 0.4) is 0 Å². The zero-order chi connectivity index (χ0) is 21.3. The lowest BCUT2D eigenvalue weighted by molar-refractivity contribution is -0.142. The molecule has 30 heavy (non-hydrogen) atoms. The summed E-state index contributed by atoms with van der Waals surface area (Å²) in [7, 11) is 0. The van der Waals surface area contributed by atoms with Gasteiger partial charge in [0, 0.05) is 17.0 Å². The van der Waals surface area contributed by atoms with Gasteiger partial charge >= 0.3 is 5.97 Å². The third-order valence-electron chi connectivity index (χ3n) is 3.83. The summed E-state index contributed by atoms with van der Waals surface area (Å²) in [6.07, 6.45) is 1.57. The molecule has 0 aliphatic carbocycles. The van der Waals surface area contributed by atoms with E-state index in [9.17, 15) is 13.6 Å². The minimum absolute atomic E-state index is 0.0923. The molecule has 156 valence electrons. The Balaban J connectivity index is 1.62. The molecule has 3 rings (SSSR count). The summed E-state index contributed by atoms with van der Waals surface area (Å²) in [6.45, 7) is 2.22. The van der Waals surface area contributed by atoms with Crippen LogP contribution in [0.2, 0.25) is 0 Å². The lowest BCUT2D eigenvalue weighted by Crippen LogP contribution is -2.07. The number of nitrogens with one attached hydrogen (secondary N) is 1. The zero-order valence-corrected chi connectivity index (χ0v) is 16.9. The molecule has 0 unspecified atom stereocenters. The summed E-state index contributed by atoms with van der Waals surface area (Å²) in [5.41, 5.74) is 4.66. The SMILES string of the molecule is CCOC(=O)Cc1csc(NN=Cc2ccc(F)cc2OCc2ccc(F)cc2)n1. The fourth-order valence-electron chi connectivity index (χ4n) is 2.44. The van der Waals surface area contributed by atoms with E-state index >= 15 is 0 Å². The molecule has 0 bridgehead atoms. The lowest BCUT2D eigenvalue weighted by Gasteiger charge is -2.09. The molecule has 0 spiro atoms. The van der Waals surface area contributed by atoms with E-state index in [-0.39, 0.29) is 24.8 Å². The molecular formula is C21H19F2N3O3S. The van der Waals surface area contributed by atoms with Crippen LogP contribution in [0.25, 0.3) is 0 Å². The summed E-state index contributed by atoms with van der Waals surface area (Å²) in [5.74, 6) is -0.826. The van der Waals surface area contributed by atoms with E-state index in [1.54, 1.807) is 24.4 Å². The summed E-state index contributed by atoms with van der Waals surface area (Å²) in [5, 5.41) is 6.34. The van der Waals surface area contributed by atoms with E-state index in [2.05, 4.69) is 15.5 Å². The van der Waals surface area contributed by atoms with E-state index < -0.39 is 5.82 Å². The summed E-state index contributed by atoms with van der Waals surface area (Å²) < 4.78 is 37.2. The van der Waals surface area contributed by atoms with Crippen LogP contribution in [0, 0.1) is 11.6 Å². The Morgan fingerprint density at radius 1 is 1.20 bits per heavy atom. The quantitative estimate of drug-likeness (QED) is 0.306. The summed E-state index contributed by atoms with van der Waals surface area (Å²) in [4.78, 5) is 15.7. The Morgan fingerprint density at radius 2 is 1.97 bits per heavy atom. The van der Waals surface area contributed by atoms with Crippen LogP contribution in [-0.4, -0.2) is 23.8 Å². The Labute approximate surface area is 176 Å². The number of benzene rings is 2. The maximum absolute atomic E-state index is 13.6.